The van der Waals surface area contributed by atoms with Gasteiger partial charge in [0, 0.05) is 17.1 Å². The van der Waals surface area contributed by atoms with Crippen molar-refractivity contribution in [1.29, 1.82) is 0 Å². The van der Waals surface area contributed by atoms with E-state index in [1.165, 1.54) is 4.90 Å². The van der Waals surface area contributed by atoms with Gasteiger partial charge in [-0.25, -0.2) is 0 Å². The molecule has 96 valence electrons. The summed E-state index contributed by atoms with van der Waals surface area (Å²) in [5.74, 6) is 0.934. The molecule has 0 bridgehead atoms. The van der Waals surface area contributed by atoms with Crippen LogP contribution in [0.4, 0.5) is 0 Å². The normalized spacial score (nSPS) is 17.9. The zero-order valence-corrected chi connectivity index (χ0v) is 11.3. The van der Waals surface area contributed by atoms with Gasteiger partial charge in [0.25, 0.3) is 0 Å². The number of nitrogens with zero attached hydrogens (tertiary/aromatic N) is 1. The quantitative estimate of drug-likeness (QED) is 0.783. The minimum Gasteiger partial charge on any atom is -0.391 e. The molecular formula is C16H15NOS. The fourth-order valence-corrected chi connectivity index (χ4v) is 2.93. The first kappa shape index (κ1) is 12.3. The van der Waals surface area contributed by atoms with Crippen LogP contribution in [0.25, 0.3) is 0 Å². The molecule has 0 N–H and O–H groups in total. The average Bonchev–Trinajstić information content (AvgIpc) is 2.96. The highest BCUT2D eigenvalue weighted by molar-refractivity contribution is 7.99. The van der Waals surface area contributed by atoms with Gasteiger partial charge in [0.1, 0.15) is 6.10 Å². The summed E-state index contributed by atoms with van der Waals surface area (Å²) in [5.41, 5.74) is 2.22. The molecule has 0 spiro atoms. The van der Waals surface area contributed by atoms with Crippen LogP contribution in [-0.2, 0) is 4.84 Å². The van der Waals surface area contributed by atoms with E-state index in [-0.39, 0.29) is 6.10 Å². The Labute approximate surface area is 117 Å². The van der Waals surface area contributed by atoms with Crippen LogP contribution >= 0.6 is 11.8 Å². The molecule has 2 aromatic carbocycles. The van der Waals surface area contributed by atoms with Crippen LogP contribution in [0.3, 0.4) is 0 Å². The van der Waals surface area contributed by atoms with Crippen molar-refractivity contribution in [2.75, 3.05) is 5.75 Å². The van der Waals surface area contributed by atoms with Crippen LogP contribution in [0, 0.1) is 0 Å². The number of thioether (sulfide) groups is 1. The third kappa shape index (κ3) is 3.18. The minimum absolute atomic E-state index is 0.181. The van der Waals surface area contributed by atoms with Gasteiger partial charge < -0.3 is 4.84 Å². The summed E-state index contributed by atoms with van der Waals surface area (Å²) in [4.78, 5) is 6.79. The van der Waals surface area contributed by atoms with Crippen molar-refractivity contribution in [2.45, 2.75) is 17.4 Å². The van der Waals surface area contributed by atoms with Gasteiger partial charge in [-0.05, 0) is 17.7 Å². The molecule has 0 aromatic heterocycles. The Morgan fingerprint density at radius 3 is 2.42 bits per heavy atom. The fraction of sp³-hybridized carbons (Fsp3) is 0.188. The Balaban J connectivity index is 1.54. The maximum atomic E-state index is 5.51. The molecule has 0 amide bonds. The SMILES string of the molecule is c1ccc(SCC2CC(c3ccccc3)=NO2)cc1. The molecule has 1 aliphatic rings. The van der Waals surface area contributed by atoms with Crippen LogP contribution < -0.4 is 0 Å². The lowest BCUT2D eigenvalue weighted by Gasteiger charge is -2.07. The van der Waals surface area contributed by atoms with Gasteiger partial charge in [-0.1, -0.05) is 53.7 Å². The Kier molecular flexibility index (Phi) is 3.84. The molecule has 2 aromatic rings. The van der Waals surface area contributed by atoms with E-state index in [4.69, 9.17) is 4.84 Å². The van der Waals surface area contributed by atoms with Crippen LogP contribution in [0.1, 0.15) is 12.0 Å². The maximum absolute atomic E-state index is 5.51. The molecule has 3 rings (SSSR count). The molecule has 1 aliphatic heterocycles. The first-order chi connectivity index (χ1) is 9.42. The second-order valence-corrected chi connectivity index (χ2v) is 5.55. The highest BCUT2D eigenvalue weighted by Crippen LogP contribution is 2.24. The molecule has 1 unspecified atom stereocenters. The molecular weight excluding hydrogens is 254 g/mol. The summed E-state index contributed by atoms with van der Waals surface area (Å²) in [6.45, 7) is 0. The second-order valence-electron chi connectivity index (χ2n) is 4.46. The number of hydrogen-bond donors (Lipinski definition) is 0. The van der Waals surface area contributed by atoms with Crippen molar-refractivity contribution >= 4 is 17.5 Å². The van der Waals surface area contributed by atoms with E-state index < -0.39 is 0 Å². The van der Waals surface area contributed by atoms with E-state index in [0.717, 1.165) is 23.4 Å². The van der Waals surface area contributed by atoms with Gasteiger partial charge in [-0.3, -0.25) is 0 Å². The number of rotatable bonds is 4. The van der Waals surface area contributed by atoms with E-state index in [1.54, 1.807) is 0 Å². The Hall–Kier alpha value is -1.74. The summed E-state index contributed by atoms with van der Waals surface area (Å²) >= 11 is 1.82. The summed E-state index contributed by atoms with van der Waals surface area (Å²) in [6, 6.07) is 20.6. The predicted molar refractivity (Wildman–Crippen MR) is 79.6 cm³/mol. The van der Waals surface area contributed by atoms with E-state index in [2.05, 4.69) is 41.6 Å². The lowest BCUT2D eigenvalue weighted by atomic mass is 10.1. The second kappa shape index (κ2) is 5.93. The Bertz CT molecular complexity index is 553. The fourth-order valence-electron chi connectivity index (χ4n) is 2.02. The van der Waals surface area contributed by atoms with Crippen molar-refractivity contribution < 1.29 is 4.84 Å². The van der Waals surface area contributed by atoms with Crippen molar-refractivity contribution in [2.24, 2.45) is 5.16 Å². The molecule has 0 radical (unpaired) electrons. The molecule has 1 atom stereocenters. The van der Waals surface area contributed by atoms with Crippen LogP contribution in [0.15, 0.2) is 70.7 Å². The highest BCUT2D eigenvalue weighted by atomic mass is 32.2. The predicted octanol–water partition coefficient (Wildman–Crippen LogP) is 3.97. The largest absolute Gasteiger partial charge is 0.391 e. The zero-order chi connectivity index (χ0) is 12.9. The van der Waals surface area contributed by atoms with Crippen LogP contribution in [0.5, 0.6) is 0 Å². The molecule has 0 aliphatic carbocycles. The van der Waals surface area contributed by atoms with E-state index in [1.807, 2.05) is 36.0 Å². The number of hydrogen-bond acceptors (Lipinski definition) is 3. The van der Waals surface area contributed by atoms with Crippen molar-refractivity contribution in [3.8, 4) is 0 Å². The number of benzene rings is 2. The zero-order valence-electron chi connectivity index (χ0n) is 10.5. The van der Waals surface area contributed by atoms with Crippen LogP contribution in [0.2, 0.25) is 0 Å². The first-order valence-corrected chi connectivity index (χ1v) is 7.36. The number of oxime groups is 1. The third-order valence-electron chi connectivity index (χ3n) is 3.02. The monoisotopic (exact) mass is 269 g/mol. The molecule has 2 nitrogen and oxygen atoms in total. The molecule has 19 heavy (non-hydrogen) atoms. The van der Waals surface area contributed by atoms with E-state index in [0.29, 0.717) is 0 Å². The van der Waals surface area contributed by atoms with Crippen molar-refractivity contribution in [1.82, 2.24) is 0 Å². The van der Waals surface area contributed by atoms with Gasteiger partial charge in [0.15, 0.2) is 0 Å². The maximum Gasteiger partial charge on any atom is 0.142 e. The molecule has 0 fully saturated rings. The van der Waals surface area contributed by atoms with Gasteiger partial charge >= 0.3 is 0 Å². The van der Waals surface area contributed by atoms with Gasteiger partial charge in [0.2, 0.25) is 0 Å². The molecule has 1 heterocycles. The summed E-state index contributed by atoms with van der Waals surface area (Å²) in [5, 5.41) is 4.20. The molecule has 0 saturated carbocycles. The first-order valence-electron chi connectivity index (χ1n) is 6.38. The van der Waals surface area contributed by atoms with Crippen molar-refractivity contribution in [3.05, 3.63) is 66.2 Å². The van der Waals surface area contributed by atoms with Gasteiger partial charge in [-0.15, -0.1) is 11.8 Å². The topological polar surface area (TPSA) is 21.6 Å². The smallest absolute Gasteiger partial charge is 0.142 e. The van der Waals surface area contributed by atoms with E-state index >= 15 is 0 Å². The van der Waals surface area contributed by atoms with Crippen molar-refractivity contribution in [3.63, 3.8) is 0 Å². The van der Waals surface area contributed by atoms with Gasteiger partial charge in [0.05, 0.1) is 5.71 Å². The summed E-state index contributed by atoms with van der Waals surface area (Å²) in [6.07, 6.45) is 1.07. The Morgan fingerprint density at radius 1 is 1.00 bits per heavy atom. The third-order valence-corrected chi connectivity index (χ3v) is 4.16. The van der Waals surface area contributed by atoms with Crippen LogP contribution in [-0.4, -0.2) is 17.6 Å². The summed E-state index contributed by atoms with van der Waals surface area (Å²) < 4.78 is 0. The Morgan fingerprint density at radius 2 is 1.68 bits per heavy atom. The standard InChI is InChI=1S/C16H15NOS/c1-3-7-13(8-4-1)16-11-14(18-17-16)12-19-15-9-5-2-6-10-15/h1-10,14H,11-12H2. The summed E-state index contributed by atoms with van der Waals surface area (Å²) in [7, 11) is 0. The van der Waals surface area contributed by atoms with E-state index in [9.17, 15) is 0 Å². The highest BCUT2D eigenvalue weighted by Gasteiger charge is 2.21. The average molecular weight is 269 g/mol. The minimum atomic E-state index is 0.181. The molecule has 0 saturated heterocycles. The lowest BCUT2D eigenvalue weighted by Crippen LogP contribution is -2.11. The van der Waals surface area contributed by atoms with Gasteiger partial charge in [-0.2, -0.15) is 0 Å². The molecule has 3 heteroatoms. The lowest BCUT2D eigenvalue weighted by molar-refractivity contribution is 0.103.